The smallest absolute Gasteiger partial charge is 0.227 e. The Bertz CT molecular complexity index is 881. The van der Waals surface area contributed by atoms with Gasteiger partial charge in [0.2, 0.25) is 5.71 Å². The van der Waals surface area contributed by atoms with Crippen LogP contribution in [-0.2, 0) is 0 Å². The molecule has 20 heavy (non-hydrogen) atoms. The topological polar surface area (TPSA) is 38.1 Å². The Morgan fingerprint density at radius 2 is 1.70 bits per heavy atom. The van der Waals surface area contributed by atoms with E-state index in [0.717, 1.165) is 27.7 Å². The Morgan fingerprint density at radius 3 is 2.60 bits per heavy atom. The number of benzene rings is 2. The highest BCUT2D eigenvalue weighted by molar-refractivity contribution is 6.04. The maximum atomic E-state index is 5.72. The number of nitrogens with zero attached hydrogens (tertiary/aromatic N) is 1. The molecule has 0 bridgehead atoms. The molecule has 0 atom stereocenters. The first-order chi connectivity index (χ1) is 9.90. The number of nitrogens with one attached hydrogen (secondary N) is 1. The molecular formula is C17H12N2O. The average Bonchev–Trinajstić information content (AvgIpc) is 2.86. The maximum absolute atomic E-state index is 5.72. The van der Waals surface area contributed by atoms with Crippen molar-refractivity contribution in [3.8, 4) is 0 Å². The molecule has 0 unspecified atom stereocenters. The van der Waals surface area contributed by atoms with Crippen LogP contribution in [0.1, 0.15) is 0 Å². The zero-order chi connectivity index (χ0) is 13.4. The molecule has 0 radical (unpaired) electrons. The number of aromatic nitrogens is 1. The molecule has 0 saturated heterocycles. The molecule has 1 N–H and O–H groups in total. The van der Waals surface area contributed by atoms with Gasteiger partial charge in [-0.2, -0.15) is 0 Å². The summed E-state index contributed by atoms with van der Waals surface area (Å²) in [6, 6.07) is 20.1. The monoisotopic (exact) mass is 260 g/mol. The zero-order valence-electron chi connectivity index (χ0n) is 10.7. The Kier molecular flexibility index (Phi) is 2.42. The van der Waals surface area contributed by atoms with Crippen molar-refractivity contribution < 1.29 is 4.42 Å². The van der Waals surface area contributed by atoms with Crippen LogP contribution in [0, 0.1) is 0 Å². The van der Waals surface area contributed by atoms with Gasteiger partial charge >= 0.3 is 0 Å². The normalized spacial score (nSPS) is 11.0. The molecule has 3 nitrogen and oxygen atoms in total. The van der Waals surface area contributed by atoms with Crippen molar-refractivity contribution in [2.45, 2.75) is 0 Å². The van der Waals surface area contributed by atoms with Crippen LogP contribution in [-0.4, -0.2) is 4.98 Å². The van der Waals surface area contributed by atoms with Crippen LogP contribution >= 0.6 is 0 Å². The van der Waals surface area contributed by atoms with Crippen molar-refractivity contribution in [3.05, 3.63) is 66.9 Å². The van der Waals surface area contributed by atoms with Crippen molar-refractivity contribution in [3.63, 3.8) is 0 Å². The minimum atomic E-state index is 0.680. The fourth-order valence-corrected chi connectivity index (χ4v) is 2.38. The van der Waals surface area contributed by atoms with E-state index in [1.54, 1.807) is 6.20 Å². The number of rotatable bonds is 2. The number of fused-ring (bicyclic) bond motifs is 3. The fourth-order valence-electron chi connectivity index (χ4n) is 2.38. The molecule has 4 aromatic rings. The van der Waals surface area contributed by atoms with Crippen LogP contribution < -0.4 is 5.32 Å². The van der Waals surface area contributed by atoms with Crippen molar-refractivity contribution in [1.82, 2.24) is 4.98 Å². The van der Waals surface area contributed by atoms with Gasteiger partial charge in [-0.25, -0.2) is 4.98 Å². The first-order valence-electron chi connectivity index (χ1n) is 6.49. The molecule has 2 aromatic carbocycles. The minimum absolute atomic E-state index is 0.680. The Morgan fingerprint density at radius 1 is 0.800 bits per heavy atom. The molecular weight excluding hydrogens is 248 g/mol. The molecule has 0 amide bonds. The van der Waals surface area contributed by atoms with Gasteiger partial charge in [0.05, 0.1) is 0 Å². The molecule has 0 aliphatic rings. The third-order valence-corrected chi connectivity index (χ3v) is 3.31. The average molecular weight is 260 g/mol. The zero-order valence-corrected chi connectivity index (χ0v) is 10.7. The van der Waals surface area contributed by atoms with Crippen molar-refractivity contribution in [2.75, 3.05) is 5.32 Å². The molecule has 3 heteroatoms. The minimum Gasteiger partial charge on any atom is -0.438 e. The molecule has 0 aliphatic heterocycles. The molecule has 96 valence electrons. The molecule has 2 aromatic heterocycles. The third-order valence-electron chi connectivity index (χ3n) is 3.31. The summed E-state index contributed by atoms with van der Waals surface area (Å²) >= 11 is 0. The molecule has 0 spiro atoms. The molecule has 0 saturated carbocycles. The SMILES string of the molecule is c1ccc(Nc2ccc3oc4ncccc4c3c2)cc1. The van der Waals surface area contributed by atoms with Gasteiger partial charge in [0.25, 0.3) is 0 Å². The maximum Gasteiger partial charge on any atom is 0.227 e. The lowest BCUT2D eigenvalue weighted by Gasteiger charge is -2.05. The molecule has 0 aliphatic carbocycles. The number of furan rings is 1. The van der Waals surface area contributed by atoms with Gasteiger partial charge in [-0.05, 0) is 42.5 Å². The second kappa shape index (κ2) is 4.38. The van der Waals surface area contributed by atoms with E-state index in [2.05, 4.69) is 16.4 Å². The Balaban J connectivity index is 1.83. The molecule has 4 rings (SSSR count). The van der Waals surface area contributed by atoms with Crippen LogP contribution in [0.3, 0.4) is 0 Å². The highest BCUT2D eigenvalue weighted by Crippen LogP contribution is 2.30. The van der Waals surface area contributed by atoms with Gasteiger partial charge < -0.3 is 9.73 Å². The second-order valence-corrected chi connectivity index (χ2v) is 4.66. The summed E-state index contributed by atoms with van der Waals surface area (Å²) in [5.74, 6) is 0. The lowest BCUT2D eigenvalue weighted by atomic mass is 10.1. The lowest BCUT2D eigenvalue weighted by Crippen LogP contribution is -1.88. The van der Waals surface area contributed by atoms with Crippen LogP contribution in [0.2, 0.25) is 0 Å². The highest BCUT2D eigenvalue weighted by atomic mass is 16.3. The largest absolute Gasteiger partial charge is 0.438 e. The predicted molar refractivity (Wildman–Crippen MR) is 81.2 cm³/mol. The predicted octanol–water partition coefficient (Wildman–Crippen LogP) is 4.72. The van der Waals surface area contributed by atoms with Crippen LogP contribution in [0.4, 0.5) is 11.4 Å². The second-order valence-electron chi connectivity index (χ2n) is 4.66. The first kappa shape index (κ1) is 11.1. The summed E-state index contributed by atoms with van der Waals surface area (Å²) in [4.78, 5) is 4.25. The number of hydrogen-bond donors (Lipinski definition) is 1. The van der Waals surface area contributed by atoms with E-state index in [0.29, 0.717) is 5.71 Å². The summed E-state index contributed by atoms with van der Waals surface area (Å²) in [6.45, 7) is 0. The number of para-hydroxylation sites is 1. The van der Waals surface area contributed by atoms with Gasteiger partial charge in [0.15, 0.2) is 0 Å². The van der Waals surface area contributed by atoms with Gasteiger partial charge in [-0.1, -0.05) is 18.2 Å². The molecule has 2 heterocycles. The van der Waals surface area contributed by atoms with E-state index >= 15 is 0 Å². The standard InChI is InChI=1S/C17H12N2O/c1-2-5-12(6-3-1)19-13-8-9-16-15(11-13)14-7-4-10-18-17(14)20-16/h1-11,19H. The van der Waals surface area contributed by atoms with Gasteiger partial charge in [-0.15, -0.1) is 0 Å². The van der Waals surface area contributed by atoms with Gasteiger partial charge in [0.1, 0.15) is 5.58 Å². The number of hydrogen-bond acceptors (Lipinski definition) is 3. The van der Waals surface area contributed by atoms with Crippen molar-refractivity contribution in [1.29, 1.82) is 0 Å². The summed E-state index contributed by atoms with van der Waals surface area (Å²) in [7, 11) is 0. The number of anilines is 2. The van der Waals surface area contributed by atoms with Crippen molar-refractivity contribution >= 4 is 33.4 Å². The first-order valence-corrected chi connectivity index (χ1v) is 6.49. The number of pyridine rings is 1. The Labute approximate surface area is 115 Å². The Hall–Kier alpha value is -2.81. The molecule has 0 fully saturated rings. The quantitative estimate of drug-likeness (QED) is 0.566. The summed E-state index contributed by atoms with van der Waals surface area (Å²) in [5, 5.41) is 5.51. The summed E-state index contributed by atoms with van der Waals surface area (Å²) in [6.07, 6.45) is 1.74. The van der Waals surface area contributed by atoms with Crippen molar-refractivity contribution in [2.24, 2.45) is 0 Å². The van der Waals surface area contributed by atoms with E-state index < -0.39 is 0 Å². The lowest BCUT2D eigenvalue weighted by molar-refractivity contribution is 0.654. The van der Waals surface area contributed by atoms with E-state index in [1.807, 2.05) is 54.6 Å². The van der Waals surface area contributed by atoms with E-state index in [-0.39, 0.29) is 0 Å². The van der Waals surface area contributed by atoms with Crippen LogP contribution in [0.15, 0.2) is 71.3 Å². The van der Waals surface area contributed by atoms with Gasteiger partial charge in [-0.3, -0.25) is 0 Å². The summed E-state index contributed by atoms with van der Waals surface area (Å²) in [5.41, 5.74) is 3.64. The highest BCUT2D eigenvalue weighted by Gasteiger charge is 2.07. The van der Waals surface area contributed by atoms with E-state index in [4.69, 9.17) is 4.42 Å². The third kappa shape index (κ3) is 1.80. The summed E-state index contributed by atoms with van der Waals surface area (Å²) < 4.78 is 5.72. The van der Waals surface area contributed by atoms with Gasteiger partial charge in [0, 0.05) is 28.3 Å². The van der Waals surface area contributed by atoms with Crippen LogP contribution in [0.5, 0.6) is 0 Å². The van der Waals surface area contributed by atoms with E-state index in [9.17, 15) is 0 Å². The van der Waals surface area contributed by atoms with E-state index in [1.165, 1.54) is 0 Å². The fraction of sp³-hybridized carbons (Fsp3) is 0. The van der Waals surface area contributed by atoms with Crippen LogP contribution in [0.25, 0.3) is 22.1 Å².